The Kier molecular flexibility index (Phi) is 4.72. The molecule has 0 saturated carbocycles. The van der Waals surface area contributed by atoms with E-state index in [4.69, 9.17) is 27.6 Å². The predicted octanol–water partition coefficient (Wildman–Crippen LogP) is 5.41. The van der Waals surface area contributed by atoms with Gasteiger partial charge in [-0.2, -0.15) is 0 Å². The van der Waals surface area contributed by atoms with Gasteiger partial charge < -0.3 is 9.73 Å². The number of amides is 1. The average Bonchev–Trinajstić information content (AvgIpc) is 3.02. The first kappa shape index (κ1) is 17.1. The molecule has 1 amide bonds. The molecule has 4 aromatic rings. The fraction of sp³-hybridized carbons (Fsp3) is 0.0556. The average molecular weight is 404 g/mol. The number of hydrogen-bond acceptors (Lipinski definition) is 5. The summed E-state index contributed by atoms with van der Waals surface area (Å²) in [7, 11) is 0. The van der Waals surface area contributed by atoms with Crippen molar-refractivity contribution in [1.82, 2.24) is 9.97 Å². The van der Waals surface area contributed by atoms with Crippen LogP contribution in [0.2, 0.25) is 10.0 Å². The van der Waals surface area contributed by atoms with Gasteiger partial charge in [-0.25, -0.2) is 9.97 Å². The third-order valence-electron chi connectivity index (χ3n) is 3.67. The number of thioether (sulfide) groups is 1. The SMILES string of the molecule is O=C(CSc1ncnc2c1oc1ccccc12)Nc1ccc(Cl)c(Cl)c1. The van der Waals surface area contributed by atoms with Crippen LogP contribution in [0.3, 0.4) is 0 Å². The van der Waals surface area contributed by atoms with Gasteiger partial charge in [0, 0.05) is 11.1 Å². The molecule has 5 nitrogen and oxygen atoms in total. The van der Waals surface area contributed by atoms with Crippen LogP contribution in [0.15, 0.2) is 58.2 Å². The lowest BCUT2D eigenvalue weighted by Gasteiger charge is -2.06. The number of nitrogens with one attached hydrogen (secondary N) is 1. The first-order chi connectivity index (χ1) is 12.6. The molecule has 2 heterocycles. The molecule has 1 N–H and O–H groups in total. The predicted molar refractivity (Wildman–Crippen MR) is 105 cm³/mol. The number of halogens is 2. The third kappa shape index (κ3) is 3.35. The van der Waals surface area contributed by atoms with Crippen LogP contribution in [0.5, 0.6) is 0 Å². The quantitative estimate of drug-likeness (QED) is 0.364. The van der Waals surface area contributed by atoms with E-state index in [9.17, 15) is 4.79 Å². The molecule has 0 unspecified atom stereocenters. The Balaban J connectivity index is 1.52. The number of furan rings is 1. The molecule has 130 valence electrons. The molecule has 0 atom stereocenters. The van der Waals surface area contributed by atoms with E-state index in [0.29, 0.717) is 26.3 Å². The van der Waals surface area contributed by atoms with Crippen LogP contribution in [0.25, 0.3) is 22.1 Å². The van der Waals surface area contributed by atoms with Gasteiger partial charge in [0.15, 0.2) is 5.58 Å². The molecular weight excluding hydrogens is 393 g/mol. The number of carbonyl (C=O) groups is 1. The fourth-order valence-corrected chi connectivity index (χ4v) is 3.54. The standard InChI is InChI=1S/C18H11Cl2N3O2S/c19-12-6-5-10(7-13(12)20)23-15(24)8-26-18-17-16(21-9-22-18)11-3-1-2-4-14(11)25-17/h1-7,9H,8H2,(H,23,24). The summed E-state index contributed by atoms with van der Waals surface area (Å²) in [6.45, 7) is 0. The van der Waals surface area contributed by atoms with Crippen LogP contribution in [-0.4, -0.2) is 21.6 Å². The zero-order chi connectivity index (χ0) is 18.1. The second-order valence-electron chi connectivity index (χ2n) is 5.42. The van der Waals surface area contributed by atoms with Gasteiger partial charge in [-0.05, 0) is 30.3 Å². The van der Waals surface area contributed by atoms with E-state index < -0.39 is 0 Å². The van der Waals surface area contributed by atoms with E-state index in [2.05, 4.69) is 15.3 Å². The summed E-state index contributed by atoms with van der Waals surface area (Å²) in [5.74, 6) is -0.0140. The van der Waals surface area contributed by atoms with Crippen molar-refractivity contribution < 1.29 is 9.21 Å². The van der Waals surface area contributed by atoms with Gasteiger partial charge in [-0.1, -0.05) is 47.1 Å². The smallest absolute Gasteiger partial charge is 0.234 e. The monoisotopic (exact) mass is 403 g/mol. The van der Waals surface area contributed by atoms with Crippen molar-refractivity contribution in [2.45, 2.75) is 5.03 Å². The highest BCUT2D eigenvalue weighted by atomic mass is 35.5. The zero-order valence-corrected chi connectivity index (χ0v) is 15.5. The van der Waals surface area contributed by atoms with Crippen molar-refractivity contribution in [2.75, 3.05) is 11.1 Å². The maximum Gasteiger partial charge on any atom is 0.234 e. The number of carbonyl (C=O) groups excluding carboxylic acids is 1. The molecule has 0 fully saturated rings. The van der Waals surface area contributed by atoms with E-state index in [1.54, 1.807) is 18.2 Å². The number of para-hydroxylation sites is 1. The van der Waals surface area contributed by atoms with Crippen molar-refractivity contribution in [3.63, 3.8) is 0 Å². The maximum atomic E-state index is 12.2. The van der Waals surface area contributed by atoms with Crippen molar-refractivity contribution in [2.24, 2.45) is 0 Å². The van der Waals surface area contributed by atoms with E-state index in [1.807, 2.05) is 24.3 Å². The Morgan fingerprint density at radius 1 is 1.12 bits per heavy atom. The highest BCUT2D eigenvalue weighted by molar-refractivity contribution is 8.00. The number of aromatic nitrogens is 2. The van der Waals surface area contributed by atoms with E-state index in [1.165, 1.54) is 18.1 Å². The molecule has 0 bridgehead atoms. The number of nitrogens with zero attached hydrogens (tertiary/aromatic N) is 2. The lowest BCUT2D eigenvalue weighted by Crippen LogP contribution is -2.14. The number of hydrogen-bond donors (Lipinski definition) is 1. The Morgan fingerprint density at radius 3 is 2.81 bits per heavy atom. The van der Waals surface area contributed by atoms with E-state index in [0.717, 1.165) is 16.5 Å². The van der Waals surface area contributed by atoms with Gasteiger partial charge in [0.25, 0.3) is 0 Å². The molecule has 0 saturated heterocycles. The summed E-state index contributed by atoms with van der Waals surface area (Å²) in [6.07, 6.45) is 1.48. The lowest BCUT2D eigenvalue weighted by atomic mass is 10.2. The number of benzene rings is 2. The fourth-order valence-electron chi connectivity index (χ4n) is 2.51. The van der Waals surface area contributed by atoms with Crippen molar-refractivity contribution in [3.8, 4) is 0 Å². The molecule has 8 heteroatoms. The van der Waals surface area contributed by atoms with Crippen LogP contribution in [0.1, 0.15) is 0 Å². The molecule has 2 aromatic carbocycles. The van der Waals surface area contributed by atoms with E-state index >= 15 is 0 Å². The van der Waals surface area contributed by atoms with Gasteiger partial charge in [-0.15, -0.1) is 0 Å². The number of rotatable bonds is 4. The highest BCUT2D eigenvalue weighted by Gasteiger charge is 2.14. The van der Waals surface area contributed by atoms with Gasteiger partial charge in [-0.3, -0.25) is 4.79 Å². The Labute approximate surface area is 162 Å². The number of fused-ring (bicyclic) bond motifs is 3. The van der Waals surface area contributed by atoms with Gasteiger partial charge in [0.2, 0.25) is 5.91 Å². The summed E-state index contributed by atoms with van der Waals surface area (Å²) >= 11 is 13.1. The summed E-state index contributed by atoms with van der Waals surface area (Å²) < 4.78 is 5.85. The molecule has 0 radical (unpaired) electrons. The topological polar surface area (TPSA) is 68.0 Å². The molecule has 0 aliphatic heterocycles. The first-order valence-corrected chi connectivity index (χ1v) is 9.36. The van der Waals surface area contributed by atoms with Crippen LogP contribution >= 0.6 is 35.0 Å². The Bertz CT molecular complexity index is 1130. The van der Waals surface area contributed by atoms with E-state index in [-0.39, 0.29) is 11.7 Å². The maximum absolute atomic E-state index is 12.2. The summed E-state index contributed by atoms with van der Waals surface area (Å²) in [5, 5.41) is 5.15. The first-order valence-electron chi connectivity index (χ1n) is 7.62. The molecular formula is C18H11Cl2N3O2S. The van der Waals surface area contributed by atoms with Crippen LogP contribution in [0.4, 0.5) is 5.69 Å². The van der Waals surface area contributed by atoms with Crippen LogP contribution in [-0.2, 0) is 4.79 Å². The second-order valence-corrected chi connectivity index (χ2v) is 7.20. The van der Waals surface area contributed by atoms with Crippen LogP contribution < -0.4 is 5.32 Å². The lowest BCUT2D eigenvalue weighted by molar-refractivity contribution is -0.113. The Morgan fingerprint density at radius 2 is 1.96 bits per heavy atom. The second kappa shape index (κ2) is 7.15. The molecule has 0 aliphatic carbocycles. The summed E-state index contributed by atoms with van der Waals surface area (Å²) in [6, 6.07) is 12.6. The Hall–Kier alpha value is -2.28. The third-order valence-corrected chi connectivity index (χ3v) is 5.38. The van der Waals surface area contributed by atoms with Gasteiger partial charge in [0.1, 0.15) is 22.5 Å². The molecule has 0 spiro atoms. The minimum atomic E-state index is -0.184. The van der Waals surface area contributed by atoms with Crippen LogP contribution in [0, 0.1) is 0 Å². The van der Waals surface area contributed by atoms with Crippen molar-refractivity contribution in [3.05, 3.63) is 58.8 Å². The minimum Gasteiger partial charge on any atom is -0.451 e. The molecule has 26 heavy (non-hydrogen) atoms. The van der Waals surface area contributed by atoms with Gasteiger partial charge in [0.05, 0.1) is 15.8 Å². The van der Waals surface area contributed by atoms with Crippen molar-refractivity contribution in [1.29, 1.82) is 0 Å². The zero-order valence-electron chi connectivity index (χ0n) is 13.2. The summed E-state index contributed by atoms with van der Waals surface area (Å²) in [5.41, 5.74) is 2.65. The molecule has 2 aromatic heterocycles. The van der Waals surface area contributed by atoms with Gasteiger partial charge >= 0.3 is 0 Å². The highest BCUT2D eigenvalue weighted by Crippen LogP contribution is 2.32. The largest absolute Gasteiger partial charge is 0.451 e. The number of anilines is 1. The minimum absolute atomic E-state index is 0.170. The normalized spacial score (nSPS) is 11.2. The molecule has 0 aliphatic rings. The molecule has 4 rings (SSSR count). The van der Waals surface area contributed by atoms with Crippen molar-refractivity contribution >= 4 is 68.6 Å². The summed E-state index contributed by atoms with van der Waals surface area (Å²) in [4.78, 5) is 20.8.